The number of carbonyl (C=O) groups is 1. The van der Waals surface area contributed by atoms with E-state index in [4.69, 9.17) is 5.73 Å². The molecule has 0 radical (unpaired) electrons. The summed E-state index contributed by atoms with van der Waals surface area (Å²) >= 11 is 0. The van der Waals surface area contributed by atoms with Crippen LogP contribution in [0.5, 0.6) is 0 Å². The number of nitrogens with two attached hydrogens (primary N) is 1. The van der Waals surface area contributed by atoms with Crippen molar-refractivity contribution in [2.75, 3.05) is 13.2 Å². The van der Waals surface area contributed by atoms with E-state index in [2.05, 4.69) is 0 Å². The van der Waals surface area contributed by atoms with E-state index in [0.717, 1.165) is 38.5 Å². The van der Waals surface area contributed by atoms with Crippen LogP contribution in [0.4, 0.5) is 0 Å². The highest BCUT2D eigenvalue weighted by Crippen LogP contribution is 2.31. The topological polar surface area (TPSA) is 66.6 Å². The van der Waals surface area contributed by atoms with Crippen molar-refractivity contribution in [3.8, 4) is 0 Å². The Bertz CT molecular complexity index is 282. The summed E-state index contributed by atoms with van der Waals surface area (Å²) in [5.41, 5.74) is 5.62. The monoisotopic (exact) mass is 254 g/mol. The van der Waals surface area contributed by atoms with Crippen LogP contribution in [0.1, 0.15) is 57.8 Å². The molecule has 0 heterocycles. The molecule has 4 heteroatoms. The van der Waals surface area contributed by atoms with Gasteiger partial charge in [-0.3, -0.25) is 4.79 Å². The molecule has 0 aromatic carbocycles. The Morgan fingerprint density at radius 3 is 2.33 bits per heavy atom. The second-order valence-electron chi connectivity index (χ2n) is 5.88. The van der Waals surface area contributed by atoms with Gasteiger partial charge in [0.1, 0.15) is 0 Å². The molecule has 0 aliphatic heterocycles. The second-order valence-corrected chi connectivity index (χ2v) is 5.88. The molecule has 0 unspecified atom stereocenters. The third-order valence-corrected chi connectivity index (χ3v) is 4.54. The van der Waals surface area contributed by atoms with Crippen LogP contribution in [0.2, 0.25) is 0 Å². The van der Waals surface area contributed by atoms with Crippen LogP contribution in [0.3, 0.4) is 0 Å². The molecule has 18 heavy (non-hydrogen) atoms. The van der Waals surface area contributed by atoms with Crippen LogP contribution in [0.15, 0.2) is 0 Å². The highest BCUT2D eigenvalue weighted by Gasteiger charge is 2.41. The first kappa shape index (κ1) is 13.8. The molecule has 2 fully saturated rings. The minimum absolute atomic E-state index is 0.0400. The average Bonchev–Trinajstić information content (AvgIpc) is 2.84. The number of aliphatic hydroxyl groups is 1. The van der Waals surface area contributed by atoms with Crippen LogP contribution in [-0.4, -0.2) is 40.6 Å². The van der Waals surface area contributed by atoms with Gasteiger partial charge in [-0.1, -0.05) is 32.1 Å². The fraction of sp³-hybridized carbons (Fsp3) is 0.929. The number of carbonyl (C=O) groups excluding carboxylic acids is 1. The van der Waals surface area contributed by atoms with E-state index in [1.54, 1.807) is 0 Å². The van der Waals surface area contributed by atoms with Crippen LogP contribution >= 0.6 is 0 Å². The maximum Gasteiger partial charge on any atom is 0.242 e. The molecule has 0 atom stereocenters. The third kappa shape index (κ3) is 2.86. The summed E-state index contributed by atoms with van der Waals surface area (Å²) in [7, 11) is 0. The first-order valence-corrected chi connectivity index (χ1v) is 7.38. The molecule has 0 aromatic heterocycles. The van der Waals surface area contributed by atoms with Gasteiger partial charge in [-0.25, -0.2) is 0 Å². The molecule has 0 bridgehead atoms. The first-order chi connectivity index (χ1) is 8.67. The lowest BCUT2D eigenvalue weighted by Gasteiger charge is -2.38. The second kappa shape index (κ2) is 6.02. The van der Waals surface area contributed by atoms with Gasteiger partial charge in [0.05, 0.1) is 12.1 Å². The van der Waals surface area contributed by atoms with Gasteiger partial charge in [-0.05, 0) is 25.7 Å². The lowest BCUT2D eigenvalue weighted by Crippen LogP contribution is -2.57. The summed E-state index contributed by atoms with van der Waals surface area (Å²) in [6, 6.07) is 0.305. The van der Waals surface area contributed by atoms with Crippen molar-refractivity contribution in [3.63, 3.8) is 0 Å². The van der Waals surface area contributed by atoms with Crippen molar-refractivity contribution in [3.05, 3.63) is 0 Å². The van der Waals surface area contributed by atoms with Gasteiger partial charge < -0.3 is 15.7 Å². The molecule has 2 saturated carbocycles. The minimum atomic E-state index is -0.646. The van der Waals surface area contributed by atoms with Crippen LogP contribution in [0.25, 0.3) is 0 Å². The first-order valence-electron chi connectivity index (χ1n) is 7.38. The standard InChI is InChI=1S/C14H26N2O2/c15-14(8-4-5-9-14)13(18)16(10-11-17)12-6-2-1-3-7-12/h12,17H,1-11,15H2. The van der Waals surface area contributed by atoms with E-state index in [1.807, 2.05) is 4.90 Å². The average molecular weight is 254 g/mol. The fourth-order valence-electron chi connectivity index (χ4n) is 3.46. The molecule has 4 nitrogen and oxygen atoms in total. The van der Waals surface area contributed by atoms with E-state index in [9.17, 15) is 9.90 Å². The van der Waals surface area contributed by atoms with E-state index < -0.39 is 5.54 Å². The van der Waals surface area contributed by atoms with Gasteiger partial charge >= 0.3 is 0 Å². The summed E-state index contributed by atoms with van der Waals surface area (Å²) in [5, 5.41) is 9.21. The van der Waals surface area contributed by atoms with Crippen molar-refractivity contribution in [1.82, 2.24) is 4.90 Å². The Hall–Kier alpha value is -0.610. The van der Waals surface area contributed by atoms with Gasteiger partial charge in [0.2, 0.25) is 5.91 Å². The van der Waals surface area contributed by atoms with Crippen LogP contribution in [-0.2, 0) is 4.79 Å². The lowest BCUT2D eigenvalue weighted by molar-refractivity contribution is -0.140. The predicted molar refractivity (Wildman–Crippen MR) is 71.1 cm³/mol. The van der Waals surface area contributed by atoms with E-state index in [-0.39, 0.29) is 12.5 Å². The molecular formula is C14H26N2O2. The van der Waals surface area contributed by atoms with Gasteiger partial charge in [-0.2, -0.15) is 0 Å². The van der Waals surface area contributed by atoms with E-state index in [1.165, 1.54) is 19.3 Å². The Morgan fingerprint density at radius 2 is 1.78 bits per heavy atom. The molecule has 0 aromatic rings. The molecule has 104 valence electrons. The van der Waals surface area contributed by atoms with Crippen molar-refractivity contribution < 1.29 is 9.90 Å². The Labute approximate surface area is 110 Å². The summed E-state index contributed by atoms with van der Waals surface area (Å²) < 4.78 is 0. The quantitative estimate of drug-likeness (QED) is 0.797. The van der Waals surface area contributed by atoms with E-state index in [0.29, 0.717) is 12.6 Å². The molecule has 1 amide bonds. The van der Waals surface area contributed by atoms with Gasteiger partial charge in [-0.15, -0.1) is 0 Å². The van der Waals surface area contributed by atoms with Crippen molar-refractivity contribution in [1.29, 1.82) is 0 Å². The van der Waals surface area contributed by atoms with Crippen molar-refractivity contribution >= 4 is 5.91 Å². The largest absolute Gasteiger partial charge is 0.395 e. The predicted octanol–water partition coefficient (Wildman–Crippen LogP) is 1.41. The number of hydrogen-bond acceptors (Lipinski definition) is 3. The molecule has 2 rings (SSSR count). The maximum absolute atomic E-state index is 12.6. The molecule has 0 spiro atoms. The number of aliphatic hydroxyl groups excluding tert-OH is 1. The zero-order chi connectivity index (χ0) is 13.0. The summed E-state index contributed by atoms with van der Waals surface area (Å²) in [6.45, 7) is 0.487. The number of rotatable bonds is 4. The van der Waals surface area contributed by atoms with Gasteiger partial charge in [0.25, 0.3) is 0 Å². The SMILES string of the molecule is NC1(C(=O)N(CCO)C2CCCCC2)CCCC1. The number of nitrogens with zero attached hydrogens (tertiary/aromatic N) is 1. The smallest absolute Gasteiger partial charge is 0.242 e. The van der Waals surface area contributed by atoms with Crippen LogP contribution in [0, 0.1) is 0 Å². The Morgan fingerprint density at radius 1 is 1.17 bits per heavy atom. The fourth-order valence-corrected chi connectivity index (χ4v) is 3.46. The zero-order valence-corrected chi connectivity index (χ0v) is 11.2. The molecule has 2 aliphatic rings. The summed E-state index contributed by atoms with van der Waals surface area (Å²) in [6.07, 6.45) is 9.52. The van der Waals surface area contributed by atoms with Gasteiger partial charge in [0, 0.05) is 12.6 Å². The Kier molecular flexibility index (Phi) is 4.62. The molecule has 3 N–H and O–H groups in total. The highest BCUT2D eigenvalue weighted by molar-refractivity contribution is 5.86. The maximum atomic E-state index is 12.6. The minimum Gasteiger partial charge on any atom is -0.395 e. The number of amides is 1. The zero-order valence-electron chi connectivity index (χ0n) is 11.2. The van der Waals surface area contributed by atoms with Crippen molar-refractivity contribution in [2.45, 2.75) is 69.4 Å². The molecule has 0 saturated heterocycles. The van der Waals surface area contributed by atoms with E-state index >= 15 is 0 Å². The Balaban J connectivity index is 2.05. The van der Waals surface area contributed by atoms with Crippen LogP contribution < -0.4 is 5.73 Å². The lowest BCUT2D eigenvalue weighted by atomic mass is 9.91. The molecular weight excluding hydrogens is 228 g/mol. The number of hydrogen-bond donors (Lipinski definition) is 2. The summed E-state index contributed by atoms with van der Waals surface area (Å²) in [4.78, 5) is 14.5. The highest BCUT2D eigenvalue weighted by atomic mass is 16.3. The van der Waals surface area contributed by atoms with Gasteiger partial charge in [0.15, 0.2) is 0 Å². The molecule has 2 aliphatic carbocycles. The normalized spacial score (nSPS) is 24.1. The summed E-state index contributed by atoms with van der Waals surface area (Å²) in [5.74, 6) is 0.0842. The van der Waals surface area contributed by atoms with Crippen molar-refractivity contribution in [2.24, 2.45) is 5.73 Å². The third-order valence-electron chi connectivity index (χ3n) is 4.54.